The molecule has 0 fully saturated rings. The van der Waals surface area contributed by atoms with Gasteiger partial charge in [-0.05, 0) is 41.5 Å². The standard InChI is InChI=1S/C12H20N2O2/c1-8-9(12(5,6)10(15)16)7-13-14(8)11(2,3)4/h7H,1-6H3,(H,15,16). The molecule has 0 aliphatic carbocycles. The first-order chi connectivity index (χ1) is 7.08. The molecule has 0 aliphatic rings. The second-order valence-corrected chi connectivity index (χ2v) is 5.66. The molecule has 0 atom stereocenters. The van der Waals surface area contributed by atoms with Crippen LogP contribution in [-0.2, 0) is 15.7 Å². The molecule has 0 aromatic carbocycles. The minimum absolute atomic E-state index is 0.128. The van der Waals surface area contributed by atoms with Gasteiger partial charge in [-0.25, -0.2) is 0 Å². The predicted octanol–water partition coefficient (Wildman–Crippen LogP) is 2.31. The summed E-state index contributed by atoms with van der Waals surface area (Å²) < 4.78 is 1.87. The maximum Gasteiger partial charge on any atom is 0.313 e. The highest BCUT2D eigenvalue weighted by molar-refractivity contribution is 5.80. The van der Waals surface area contributed by atoms with Crippen molar-refractivity contribution in [1.29, 1.82) is 0 Å². The molecular weight excluding hydrogens is 204 g/mol. The van der Waals surface area contributed by atoms with Crippen molar-refractivity contribution >= 4 is 5.97 Å². The Morgan fingerprint density at radius 1 is 1.31 bits per heavy atom. The normalized spacial score (nSPS) is 12.9. The van der Waals surface area contributed by atoms with Crippen LogP contribution in [0.1, 0.15) is 45.9 Å². The van der Waals surface area contributed by atoms with E-state index in [1.807, 2.05) is 32.4 Å². The molecule has 16 heavy (non-hydrogen) atoms. The molecule has 0 unspecified atom stereocenters. The van der Waals surface area contributed by atoms with Gasteiger partial charge in [0.15, 0.2) is 0 Å². The van der Waals surface area contributed by atoms with Gasteiger partial charge in [-0.3, -0.25) is 9.48 Å². The molecule has 1 aromatic heterocycles. The third kappa shape index (κ3) is 1.96. The van der Waals surface area contributed by atoms with Crippen LogP contribution in [0.3, 0.4) is 0 Å². The second-order valence-electron chi connectivity index (χ2n) is 5.66. The molecular formula is C12H20N2O2. The highest BCUT2D eigenvalue weighted by atomic mass is 16.4. The Morgan fingerprint density at radius 2 is 1.81 bits per heavy atom. The van der Waals surface area contributed by atoms with Crippen molar-refractivity contribution in [2.45, 2.75) is 52.5 Å². The summed E-state index contributed by atoms with van der Waals surface area (Å²) in [7, 11) is 0. The van der Waals surface area contributed by atoms with Crippen LogP contribution < -0.4 is 0 Å². The fraction of sp³-hybridized carbons (Fsp3) is 0.667. The van der Waals surface area contributed by atoms with Crippen molar-refractivity contribution in [2.75, 3.05) is 0 Å². The van der Waals surface area contributed by atoms with Gasteiger partial charge in [0.2, 0.25) is 0 Å². The lowest BCUT2D eigenvalue weighted by molar-refractivity contribution is -0.142. The van der Waals surface area contributed by atoms with E-state index in [4.69, 9.17) is 0 Å². The molecule has 1 aromatic rings. The van der Waals surface area contributed by atoms with Crippen LogP contribution in [-0.4, -0.2) is 20.9 Å². The largest absolute Gasteiger partial charge is 0.481 e. The van der Waals surface area contributed by atoms with Gasteiger partial charge >= 0.3 is 5.97 Å². The number of aliphatic carboxylic acids is 1. The van der Waals surface area contributed by atoms with Crippen LogP contribution >= 0.6 is 0 Å². The number of carbonyl (C=O) groups is 1. The average Bonchev–Trinajstić information content (AvgIpc) is 2.45. The lowest BCUT2D eigenvalue weighted by Crippen LogP contribution is -2.30. The maximum absolute atomic E-state index is 11.2. The van der Waals surface area contributed by atoms with Gasteiger partial charge < -0.3 is 5.11 Å². The number of carboxylic acids is 1. The van der Waals surface area contributed by atoms with Gasteiger partial charge in [0.1, 0.15) is 0 Å². The number of carboxylic acid groups (broad SMARTS) is 1. The summed E-state index contributed by atoms with van der Waals surface area (Å²) in [5.74, 6) is -0.830. The number of hydrogen-bond acceptors (Lipinski definition) is 2. The van der Waals surface area contributed by atoms with Crippen LogP contribution in [0.25, 0.3) is 0 Å². The van der Waals surface area contributed by atoms with E-state index in [2.05, 4.69) is 5.10 Å². The van der Waals surface area contributed by atoms with E-state index >= 15 is 0 Å². The van der Waals surface area contributed by atoms with Crippen LogP contribution in [0.2, 0.25) is 0 Å². The average molecular weight is 224 g/mol. The fourth-order valence-corrected chi connectivity index (χ4v) is 1.81. The molecule has 1 N–H and O–H groups in total. The summed E-state index contributed by atoms with van der Waals surface area (Å²) in [6.45, 7) is 11.5. The lowest BCUT2D eigenvalue weighted by Gasteiger charge is -2.24. The zero-order chi connectivity index (χ0) is 12.7. The zero-order valence-electron chi connectivity index (χ0n) is 10.8. The molecule has 1 rings (SSSR count). The fourth-order valence-electron chi connectivity index (χ4n) is 1.81. The summed E-state index contributed by atoms with van der Waals surface area (Å²) in [6, 6.07) is 0. The Morgan fingerprint density at radius 3 is 2.12 bits per heavy atom. The van der Waals surface area contributed by atoms with Crippen LogP contribution in [0.15, 0.2) is 6.20 Å². The first-order valence-corrected chi connectivity index (χ1v) is 5.37. The molecule has 0 bridgehead atoms. The molecule has 0 radical (unpaired) electrons. The van der Waals surface area contributed by atoms with Crippen molar-refractivity contribution in [3.8, 4) is 0 Å². The molecule has 0 aliphatic heterocycles. The van der Waals surface area contributed by atoms with Gasteiger partial charge in [0.25, 0.3) is 0 Å². The monoisotopic (exact) mass is 224 g/mol. The molecule has 0 saturated carbocycles. The molecule has 4 heteroatoms. The Bertz CT molecular complexity index is 411. The predicted molar refractivity (Wildman–Crippen MR) is 62.6 cm³/mol. The highest BCUT2D eigenvalue weighted by Crippen LogP contribution is 2.28. The number of hydrogen-bond donors (Lipinski definition) is 1. The third-order valence-corrected chi connectivity index (χ3v) is 2.85. The quantitative estimate of drug-likeness (QED) is 0.838. The van der Waals surface area contributed by atoms with Gasteiger partial charge in [-0.1, -0.05) is 0 Å². The van der Waals surface area contributed by atoms with Gasteiger partial charge in [0, 0.05) is 11.3 Å². The van der Waals surface area contributed by atoms with E-state index in [9.17, 15) is 9.90 Å². The lowest BCUT2D eigenvalue weighted by atomic mass is 9.85. The van der Waals surface area contributed by atoms with Crippen molar-refractivity contribution in [2.24, 2.45) is 0 Å². The maximum atomic E-state index is 11.2. The van der Waals surface area contributed by atoms with E-state index in [0.717, 1.165) is 11.3 Å². The smallest absolute Gasteiger partial charge is 0.313 e. The van der Waals surface area contributed by atoms with Gasteiger partial charge in [-0.2, -0.15) is 5.10 Å². The first kappa shape index (κ1) is 12.7. The van der Waals surface area contributed by atoms with E-state index < -0.39 is 11.4 Å². The molecule has 0 spiro atoms. The summed E-state index contributed by atoms with van der Waals surface area (Å²) in [5, 5.41) is 13.5. The number of rotatable bonds is 2. The van der Waals surface area contributed by atoms with Crippen LogP contribution in [0.4, 0.5) is 0 Å². The summed E-state index contributed by atoms with van der Waals surface area (Å²) in [4.78, 5) is 11.2. The van der Waals surface area contributed by atoms with E-state index in [-0.39, 0.29) is 5.54 Å². The second kappa shape index (κ2) is 3.61. The third-order valence-electron chi connectivity index (χ3n) is 2.85. The van der Waals surface area contributed by atoms with Crippen LogP contribution in [0.5, 0.6) is 0 Å². The SMILES string of the molecule is Cc1c(C(C)(C)C(=O)O)cnn1C(C)(C)C. The summed E-state index contributed by atoms with van der Waals surface area (Å²) in [6.07, 6.45) is 1.66. The molecule has 1 heterocycles. The minimum Gasteiger partial charge on any atom is -0.481 e. The van der Waals surface area contributed by atoms with E-state index in [1.165, 1.54) is 0 Å². The molecule has 0 saturated heterocycles. The Labute approximate surface area is 96.3 Å². The zero-order valence-corrected chi connectivity index (χ0v) is 10.8. The van der Waals surface area contributed by atoms with Crippen molar-refractivity contribution in [3.63, 3.8) is 0 Å². The number of aromatic nitrogens is 2. The van der Waals surface area contributed by atoms with Crippen molar-refractivity contribution in [3.05, 3.63) is 17.5 Å². The Balaban J connectivity index is 3.30. The minimum atomic E-state index is -0.895. The van der Waals surface area contributed by atoms with Gasteiger partial charge in [0.05, 0.1) is 17.2 Å². The van der Waals surface area contributed by atoms with Crippen molar-refractivity contribution < 1.29 is 9.90 Å². The highest BCUT2D eigenvalue weighted by Gasteiger charge is 2.34. The molecule has 0 amide bonds. The Hall–Kier alpha value is -1.32. The van der Waals surface area contributed by atoms with Gasteiger partial charge in [-0.15, -0.1) is 0 Å². The number of nitrogens with zero attached hydrogens (tertiary/aromatic N) is 2. The van der Waals surface area contributed by atoms with Crippen molar-refractivity contribution in [1.82, 2.24) is 9.78 Å². The summed E-state index contributed by atoms with van der Waals surface area (Å²) >= 11 is 0. The van der Waals surface area contributed by atoms with Crippen LogP contribution in [0, 0.1) is 6.92 Å². The first-order valence-electron chi connectivity index (χ1n) is 5.37. The van der Waals surface area contributed by atoms with E-state index in [0.29, 0.717) is 0 Å². The summed E-state index contributed by atoms with van der Waals surface area (Å²) in [5.41, 5.74) is 0.666. The molecule has 90 valence electrons. The Kier molecular flexibility index (Phi) is 2.88. The molecule has 4 nitrogen and oxygen atoms in total. The van der Waals surface area contributed by atoms with E-state index in [1.54, 1.807) is 20.0 Å². The topological polar surface area (TPSA) is 55.1 Å².